The summed E-state index contributed by atoms with van der Waals surface area (Å²) >= 11 is 0. The Morgan fingerprint density at radius 3 is 2.17 bits per heavy atom. The average Bonchev–Trinajstić information content (AvgIpc) is 2.98. The molecule has 2 aromatic carbocycles. The molecule has 5 aromatic rings. The van der Waals surface area contributed by atoms with Gasteiger partial charge in [0.05, 0.1) is 26.8 Å². The number of rotatable bonds is 10. The number of para-hydroxylation sites is 1. The van der Waals surface area contributed by atoms with Gasteiger partial charge in [0, 0.05) is 54.0 Å². The Hall–Kier alpha value is -6.05. The third-order valence-corrected chi connectivity index (χ3v) is 6.05. The molecule has 0 spiro atoms. The van der Waals surface area contributed by atoms with Crippen LogP contribution >= 0.6 is 0 Å². The van der Waals surface area contributed by atoms with Gasteiger partial charge in [0.25, 0.3) is 11.4 Å². The summed E-state index contributed by atoms with van der Waals surface area (Å²) in [5, 5.41) is 39.1. The topological polar surface area (TPSA) is 199 Å². The Morgan fingerprint density at radius 2 is 1.49 bits per heavy atom. The van der Waals surface area contributed by atoms with Crippen molar-refractivity contribution >= 4 is 40.0 Å². The number of nitrogens with one attached hydrogen (secondary N) is 2. The largest absolute Gasteiger partial charge is 0.478 e. The number of nitro benzene ring substituents is 1. The number of non-ortho nitro benzene ring substituents is 1. The van der Waals surface area contributed by atoms with E-state index in [4.69, 9.17) is 0 Å². The van der Waals surface area contributed by atoms with Gasteiger partial charge in [-0.05, 0) is 30.3 Å². The Labute approximate surface area is 231 Å². The van der Waals surface area contributed by atoms with Crippen LogP contribution < -0.4 is 10.6 Å². The Balaban J connectivity index is 1.53. The molecule has 3 heterocycles. The van der Waals surface area contributed by atoms with E-state index in [1.165, 1.54) is 36.4 Å². The van der Waals surface area contributed by atoms with Crippen LogP contribution in [0.3, 0.4) is 0 Å². The Kier molecular flexibility index (Phi) is 7.36. The van der Waals surface area contributed by atoms with Gasteiger partial charge >= 0.3 is 5.97 Å². The van der Waals surface area contributed by atoms with Crippen molar-refractivity contribution in [2.45, 2.75) is 0 Å². The monoisotopic (exact) mass is 552 g/mol. The minimum atomic E-state index is -1.27. The quantitative estimate of drug-likeness (QED) is 0.122. The van der Waals surface area contributed by atoms with Crippen molar-refractivity contribution in [3.8, 4) is 22.5 Å². The molecule has 14 nitrogen and oxygen atoms in total. The van der Waals surface area contributed by atoms with Crippen LogP contribution in [0.1, 0.15) is 10.4 Å². The normalized spacial score (nSPS) is 10.7. The summed E-state index contributed by atoms with van der Waals surface area (Å²) in [6.45, 7) is 0.608. The highest BCUT2D eigenvalue weighted by Crippen LogP contribution is 2.35. The fourth-order valence-corrected chi connectivity index (χ4v) is 4.15. The first-order valence-corrected chi connectivity index (χ1v) is 12.1. The first-order chi connectivity index (χ1) is 19.8. The first kappa shape index (κ1) is 26.6. The minimum Gasteiger partial charge on any atom is -0.478 e. The van der Waals surface area contributed by atoms with E-state index >= 15 is 0 Å². The van der Waals surface area contributed by atoms with E-state index in [2.05, 4.69) is 30.6 Å². The first-order valence-electron chi connectivity index (χ1n) is 12.1. The number of nitrogens with zero attached hydrogens (tertiary/aromatic N) is 6. The number of aromatic carboxylic acids is 1. The van der Waals surface area contributed by atoms with E-state index in [0.29, 0.717) is 34.4 Å². The fraction of sp³-hybridized carbons (Fsp3) is 0.0741. The molecule has 0 fully saturated rings. The van der Waals surface area contributed by atoms with Crippen molar-refractivity contribution in [2.75, 3.05) is 23.7 Å². The van der Waals surface area contributed by atoms with Crippen LogP contribution in [0, 0.1) is 20.2 Å². The molecule has 0 aliphatic rings. The summed E-state index contributed by atoms with van der Waals surface area (Å²) in [4.78, 5) is 50.9. The smallest absolute Gasteiger partial charge is 0.340 e. The number of anilines is 2. The van der Waals surface area contributed by atoms with Crippen LogP contribution in [0.2, 0.25) is 0 Å². The molecule has 0 aliphatic heterocycles. The van der Waals surface area contributed by atoms with Crippen molar-refractivity contribution in [1.29, 1.82) is 0 Å². The Bertz CT molecular complexity index is 1770. The number of fused-ring (bicyclic) bond motifs is 1. The summed E-state index contributed by atoms with van der Waals surface area (Å²) < 4.78 is 0. The molecule has 0 aliphatic carbocycles. The molecular weight excluding hydrogens is 532 g/mol. The summed E-state index contributed by atoms with van der Waals surface area (Å²) in [5.74, 6) is -0.723. The summed E-state index contributed by atoms with van der Waals surface area (Å²) in [6.07, 6.45) is 2.70. The number of carboxylic acids is 1. The highest BCUT2D eigenvalue weighted by molar-refractivity contribution is 6.05. The Morgan fingerprint density at radius 1 is 0.805 bits per heavy atom. The van der Waals surface area contributed by atoms with Crippen molar-refractivity contribution in [3.63, 3.8) is 0 Å². The number of aromatic nitrogens is 4. The molecule has 0 atom stereocenters. The second-order valence-corrected chi connectivity index (χ2v) is 8.62. The lowest BCUT2D eigenvalue weighted by molar-refractivity contribution is -0.385. The number of carbonyl (C=O) groups is 1. The molecule has 0 amide bonds. The molecule has 0 bridgehead atoms. The van der Waals surface area contributed by atoms with Gasteiger partial charge in [-0.25, -0.2) is 19.7 Å². The van der Waals surface area contributed by atoms with Crippen molar-refractivity contribution < 1.29 is 19.7 Å². The predicted molar refractivity (Wildman–Crippen MR) is 150 cm³/mol. The van der Waals surface area contributed by atoms with Crippen molar-refractivity contribution in [2.24, 2.45) is 0 Å². The van der Waals surface area contributed by atoms with E-state index in [9.17, 15) is 30.1 Å². The summed E-state index contributed by atoms with van der Waals surface area (Å²) in [5.41, 5.74) is 1.29. The van der Waals surface area contributed by atoms with E-state index in [1.807, 2.05) is 18.2 Å². The van der Waals surface area contributed by atoms with Crippen LogP contribution in [0.4, 0.5) is 23.1 Å². The van der Waals surface area contributed by atoms with Gasteiger partial charge in [0.1, 0.15) is 17.6 Å². The van der Waals surface area contributed by atoms with E-state index < -0.39 is 15.8 Å². The van der Waals surface area contributed by atoms with Gasteiger partial charge in [-0.1, -0.05) is 18.2 Å². The molecule has 0 unspecified atom stereocenters. The maximum atomic E-state index is 12.6. The summed E-state index contributed by atoms with van der Waals surface area (Å²) in [6, 6.07) is 17.1. The molecule has 5 rings (SSSR count). The van der Waals surface area contributed by atoms with Crippen molar-refractivity contribution in [1.82, 2.24) is 19.9 Å². The number of benzene rings is 2. The highest BCUT2D eigenvalue weighted by Gasteiger charge is 2.24. The van der Waals surface area contributed by atoms with Gasteiger partial charge in [0.2, 0.25) is 5.95 Å². The van der Waals surface area contributed by atoms with Gasteiger partial charge in [-0.15, -0.1) is 0 Å². The SMILES string of the molecule is O=C(O)c1c(-c2ccc([N+](=O)[O-])cc2)nc(NCCNc2ccc([N+](=O)[O-])cn2)nc1-c1ccnc2ccccc12. The lowest BCUT2D eigenvalue weighted by atomic mass is 9.98. The second kappa shape index (κ2) is 11.4. The molecule has 3 N–H and O–H groups in total. The maximum Gasteiger partial charge on any atom is 0.340 e. The number of nitro groups is 2. The third kappa shape index (κ3) is 5.70. The van der Waals surface area contributed by atoms with Crippen LogP contribution in [-0.4, -0.2) is 53.9 Å². The molecule has 3 aromatic heterocycles. The van der Waals surface area contributed by atoms with E-state index in [0.717, 1.165) is 6.20 Å². The fourth-order valence-electron chi connectivity index (χ4n) is 4.15. The van der Waals surface area contributed by atoms with Crippen molar-refractivity contribution in [3.05, 3.63) is 105 Å². The number of hydrogen-bond acceptors (Lipinski definition) is 11. The van der Waals surface area contributed by atoms with Crippen LogP contribution in [0.25, 0.3) is 33.4 Å². The van der Waals surface area contributed by atoms with Gasteiger partial charge in [-0.3, -0.25) is 25.2 Å². The van der Waals surface area contributed by atoms with Gasteiger partial charge < -0.3 is 15.7 Å². The van der Waals surface area contributed by atoms with E-state index in [1.54, 1.807) is 18.3 Å². The zero-order valence-electron chi connectivity index (χ0n) is 21.1. The lowest BCUT2D eigenvalue weighted by Gasteiger charge is -2.15. The van der Waals surface area contributed by atoms with Gasteiger partial charge in [-0.2, -0.15) is 0 Å². The predicted octanol–water partition coefficient (Wildman–Crippen LogP) is 4.79. The third-order valence-electron chi connectivity index (χ3n) is 6.05. The molecule has 41 heavy (non-hydrogen) atoms. The average molecular weight is 553 g/mol. The lowest BCUT2D eigenvalue weighted by Crippen LogP contribution is -2.17. The number of hydrogen-bond donors (Lipinski definition) is 3. The number of carboxylic acid groups (broad SMARTS) is 1. The molecule has 204 valence electrons. The zero-order chi connectivity index (χ0) is 28.9. The number of pyridine rings is 2. The molecule has 0 saturated carbocycles. The van der Waals surface area contributed by atoms with Crippen LogP contribution in [-0.2, 0) is 0 Å². The molecular formula is C27H20N8O6. The van der Waals surface area contributed by atoms with Crippen LogP contribution in [0.5, 0.6) is 0 Å². The zero-order valence-corrected chi connectivity index (χ0v) is 21.1. The molecule has 14 heteroatoms. The van der Waals surface area contributed by atoms with Gasteiger partial charge in [0.15, 0.2) is 0 Å². The standard InChI is InChI=1S/C27H20N8O6/c36-26(37)23-24(16-5-7-17(8-6-16)34(38)39)32-27(30-14-13-29-22-10-9-18(15-31-22)35(40)41)33-25(23)20-11-12-28-21-4-2-1-3-19(20)21/h1-12,15H,13-14H2,(H,29,31)(H,36,37)(H,30,32,33). The van der Waals surface area contributed by atoms with E-state index in [-0.39, 0.29) is 40.8 Å². The summed E-state index contributed by atoms with van der Waals surface area (Å²) in [7, 11) is 0. The molecule has 0 radical (unpaired) electrons. The maximum absolute atomic E-state index is 12.6. The molecule has 0 saturated heterocycles. The highest BCUT2D eigenvalue weighted by atomic mass is 16.6. The second-order valence-electron chi connectivity index (χ2n) is 8.62. The van der Waals surface area contributed by atoms with Crippen LogP contribution in [0.15, 0.2) is 79.1 Å². The minimum absolute atomic E-state index is 0.0748.